The van der Waals surface area contributed by atoms with Crippen LogP contribution in [0.25, 0.3) is 0 Å². The number of aryl methyl sites for hydroxylation is 1. The minimum absolute atomic E-state index is 0.347. The van der Waals surface area contributed by atoms with Gasteiger partial charge in [0.2, 0.25) is 0 Å². The highest BCUT2D eigenvalue weighted by atomic mass is 32.2. The summed E-state index contributed by atoms with van der Waals surface area (Å²) in [6, 6.07) is 21.8. The SMILES string of the molecule is CCCc1ccc(Sc2cccc(OCc3ccccc3)c2)cc1C(F)(F)F. The van der Waals surface area contributed by atoms with E-state index < -0.39 is 11.7 Å². The predicted octanol–water partition coefficient (Wildman–Crippen LogP) is 7.39. The third-order valence-corrected chi connectivity index (χ3v) is 5.17. The van der Waals surface area contributed by atoms with Crippen molar-refractivity contribution in [1.82, 2.24) is 0 Å². The molecule has 0 aromatic heterocycles. The molecule has 1 nitrogen and oxygen atoms in total. The van der Waals surface area contributed by atoms with Gasteiger partial charge in [0.15, 0.2) is 0 Å². The molecule has 3 aromatic carbocycles. The molecule has 146 valence electrons. The van der Waals surface area contributed by atoms with Gasteiger partial charge in [0.05, 0.1) is 5.56 Å². The zero-order valence-electron chi connectivity index (χ0n) is 15.5. The number of hydrogen-bond acceptors (Lipinski definition) is 2. The van der Waals surface area contributed by atoms with Gasteiger partial charge in [-0.1, -0.05) is 67.6 Å². The van der Waals surface area contributed by atoms with Gasteiger partial charge in [-0.05, 0) is 47.9 Å². The number of halogens is 3. The van der Waals surface area contributed by atoms with Crippen LogP contribution >= 0.6 is 11.8 Å². The number of alkyl halides is 3. The minimum atomic E-state index is -4.35. The molecule has 3 rings (SSSR count). The van der Waals surface area contributed by atoms with Crippen molar-refractivity contribution in [1.29, 1.82) is 0 Å². The molecule has 0 aliphatic carbocycles. The first-order valence-electron chi connectivity index (χ1n) is 9.10. The summed E-state index contributed by atoms with van der Waals surface area (Å²) >= 11 is 1.30. The van der Waals surface area contributed by atoms with Crippen molar-refractivity contribution >= 4 is 11.8 Å². The molecular formula is C23H21F3OS. The molecule has 0 fully saturated rings. The van der Waals surface area contributed by atoms with E-state index in [4.69, 9.17) is 4.74 Å². The van der Waals surface area contributed by atoms with Crippen LogP contribution in [0.15, 0.2) is 82.6 Å². The van der Waals surface area contributed by atoms with E-state index in [-0.39, 0.29) is 0 Å². The van der Waals surface area contributed by atoms with Crippen molar-refractivity contribution in [2.75, 3.05) is 0 Å². The molecule has 0 aliphatic rings. The third-order valence-electron chi connectivity index (χ3n) is 4.20. The molecule has 0 radical (unpaired) electrons. The van der Waals surface area contributed by atoms with E-state index in [1.807, 2.05) is 61.5 Å². The molecule has 28 heavy (non-hydrogen) atoms. The predicted molar refractivity (Wildman–Crippen MR) is 107 cm³/mol. The maximum Gasteiger partial charge on any atom is 0.416 e. The zero-order valence-corrected chi connectivity index (χ0v) is 16.3. The first-order valence-corrected chi connectivity index (χ1v) is 9.92. The van der Waals surface area contributed by atoms with Gasteiger partial charge < -0.3 is 4.74 Å². The number of ether oxygens (including phenoxy) is 1. The Hall–Kier alpha value is -2.40. The van der Waals surface area contributed by atoms with Crippen molar-refractivity contribution in [3.05, 3.63) is 89.5 Å². The van der Waals surface area contributed by atoms with Crippen LogP contribution in [-0.2, 0) is 19.2 Å². The summed E-state index contributed by atoms with van der Waals surface area (Å²) in [5.41, 5.74) is 0.858. The van der Waals surface area contributed by atoms with Gasteiger partial charge in [-0.2, -0.15) is 13.2 Å². The quantitative estimate of drug-likeness (QED) is 0.407. The highest BCUT2D eigenvalue weighted by molar-refractivity contribution is 7.99. The Morgan fingerprint density at radius 1 is 0.857 bits per heavy atom. The van der Waals surface area contributed by atoms with Crippen LogP contribution in [0, 0.1) is 0 Å². The molecule has 0 bridgehead atoms. The van der Waals surface area contributed by atoms with Crippen molar-refractivity contribution in [3.8, 4) is 5.75 Å². The Balaban J connectivity index is 1.74. The van der Waals surface area contributed by atoms with Gasteiger partial charge in [0, 0.05) is 9.79 Å². The second kappa shape index (κ2) is 9.20. The van der Waals surface area contributed by atoms with Crippen LogP contribution in [0.5, 0.6) is 5.75 Å². The highest BCUT2D eigenvalue weighted by Crippen LogP contribution is 2.37. The molecule has 0 saturated heterocycles. The molecule has 0 N–H and O–H groups in total. The summed E-state index contributed by atoms with van der Waals surface area (Å²) in [6.07, 6.45) is -3.25. The second-order valence-corrected chi connectivity index (χ2v) is 7.56. The van der Waals surface area contributed by atoms with E-state index in [2.05, 4.69) is 0 Å². The van der Waals surface area contributed by atoms with Crippen molar-refractivity contribution < 1.29 is 17.9 Å². The fraction of sp³-hybridized carbons (Fsp3) is 0.217. The van der Waals surface area contributed by atoms with Gasteiger partial charge in [-0.25, -0.2) is 0 Å². The van der Waals surface area contributed by atoms with Crippen LogP contribution < -0.4 is 4.74 Å². The number of rotatable bonds is 7. The summed E-state index contributed by atoms with van der Waals surface area (Å²) in [5.74, 6) is 0.688. The monoisotopic (exact) mass is 402 g/mol. The molecule has 0 spiro atoms. The molecule has 0 unspecified atom stereocenters. The van der Waals surface area contributed by atoms with Crippen molar-refractivity contribution in [3.63, 3.8) is 0 Å². The van der Waals surface area contributed by atoms with Gasteiger partial charge in [-0.15, -0.1) is 0 Å². The summed E-state index contributed by atoms with van der Waals surface area (Å²) in [5, 5.41) is 0. The lowest BCUT2D eigenvalue weighted by atomic mass is 10.0. The lowest BCUT2D eigenvalue weighted by Gasteiger charge is -2.14. The Labute approximate surface area is 167 Å². The summed E-state index contributed by atoms with van der Waals surface area (Å²) < 4.78 is 46.0. The second-order valence-electron chi connectivity index (χ2n) is 6.42. The largest absolute Gasteiger partial charge is 0.489 e. The van der Waals surface area contributed by atoms with Crippen LogP contribution in [0.4, 0.5) is 13.2 Å². The fourth-order valence-electron chi connectivity index (χ4n) is 2.87. The van der Waals surface area contributed by atoms with Crippen LogP contribution in [-0.4, -0.2) is 0 Å². The minimum Gasteiger partial charge on any atom is -0.489 e. The first-order chi connectivity index (χ1) is 13.5. The van der Waals surface area contributed by atoms with Gasteiger partial charge in [0.25, 0.3) is 0 Å². The molecule has 0 amide bonds. The molecule has 0 atom stereocenters. The first kappa shape index (κ1) is 20.3. The Bertz CT molecular complexity index is 907. The standard InChI is InChI=1S/C23H21F3OS/c1-2-7-18-12-13-21(15-22(18)23(24,25)26)28-20-11-6-10-19(14-20)27-16-17-8-4-3-5-9-17/h3-6,8-15H,2,7,16H2,1H3. The highest BCUT2D eigenvalue weighted by Gasteiger charge is 2.33. The van der Waals surface area contributed by atoms with E-state index >= 15 is 0 Å². The van der Waals surface area contributed by atoms with E-state index in [0.29, 0.717) is 35.7 Å². The van der Waals surface area contributed by atoms with Gasteiger partial charge in [0.1, 0.15) is 12.4 Å². The van der Waals surface area contributed by atoms with Crippen LogP contribution in [0.1, 0.15) is 30.0 Å². The Kier molecular flexibility index (Phi) is 6.68. The summed E-state index contributed by atoms with van der Waals surface area (Å²) in [4.78, 5) is 1.40. The number of benzene rings is 3. The van der Waals surface area contributed by atoms with E-state index in [9.17, 15) is 13.2 Å². The van der Waals surface area contributed by atoms with E-state index in [1.165, 1.54) is 17.8 Å². The van der Waals surface area contributed by atoms with E-state index in [1.54, 1.807) is 12.1 Å². The van der Waals surface area contributed by atoms with Crippen LogP contribution in [0.3, 0.4) is 0 Å². The summed E-state index contributed by atoms with van der Waals surface area (Å²) in [6.45, 7) is 2.32. The van der Waals surface area contributed by atoms with Gasteiger partial charge in [-0.3, -0.25) is 0 Å². The Morgan fingerprint density at radius 3 is 2.32 bits per heavy atom. The normalized spacial score (nSPS) is 11.4. The molecule has 0 aliphatic heterocycles. The maximum absolute atomic E-state index is 13.4. The molecule has 5 heteroatoms. The van der Waals surface area contributed by atoms with Crippen molar-refractivity contribution in [2.24, 2.45) is 0 Å². The zero-order chi connectivity index (χ0) is 20.0. The van der Waals surface area contributed by atoms with Gasteiger partial charge >= 0.3 is 6.18 Å². The average molecular weight is 402 g/mol. The topological polar surface area (TPSA) is 9.23 Å². The molecule has 0 saturated carbocycles. The smallest absolute Gasteiger partial charge is 0.416 e. The third kappa shape index (κ3) is 5.55. The fourth-order valence-corrected chi connectivity index (χ4v) is 3.78. The van der Waals surface area contributed by atoms with Crippen LogP contribution in [0.2, 0.25) is 0 Å². The summed E-state index contributed by atoms with van der Waals surface area (Å²) in [7, 11) is 0. The number of hydrogen-bond donors (Lipinski definition) is 0. The molecular weight excluding hydrogens is 381 g/mol. The average Bonchev–Trinajstić information content (AvgIpc) is 2.68. The van der Waals surface area contributed by atoms with Crippen molar-refractivity contribution in [2.45, 2.75) is 42.3 Å². The lowest BCUT2D eigenvalue weighted by Crippen LogP contribution is -2.09. The maximum atomic E-state index is 13.4. The molecule has 0 heterocycles. The molecule has 3 aromatic rings. The lowest BCUT2D eigenvalue weighted by molar-refractivity contribution is -0.138. The Morgan fingerprint density at radius 2 is 1.61 bits per heavy atom. The van der Waals surface area contributed by atoms with E-state index in [0.717, 1.165) is 10.5 Å².